The molecule has 4 rings (SSSR count). The molecule has 6 heteroatoms. The predicted octanol–water partition coefficient (Wildman–Crippen LogP) is 4.47. The van der Waals surface area contributed by atoms with Crippen molar-refractivity contribution in [2.24, 2.45) is 0 Å². The zero-order chi connectivity index (χ0) is 17.6. The van der Waals surface area contributed by atoms with Gasteiger partial charge in [-0.25, -0.2) is 0 Å². The zero-order valence-corrected chi connectivity index (χ0v) is 16.6. The van der Waals surface area contributed by atoms with E-state index in [1.54, 1.807) is 0 Å². The molecule has 0 bridgehead atoms. The number of carbonyl (C=O) groups excluding carboxylic acids is 1. The van der Waals surface area contributed by atoms with Crippen molar-refractivity contribution in [1.82, 2.24) is 10.3 Å². The maximum atomic E-state index is 12.2. The van der Waals surface area contributed by atoms with E-state index in [9.17, 15) is 4.79 Å². The summed E-state index contributed by atoms with van der Waals surface area (Å²) in [6.45, 7) is 0. The molecule has 2 aromatic carbocycles. The van der Waals surface area contributed by atoms with Crippen LogP contribution in [0, 0.1) is 0 Å². The highest BCUT2D eigenvalue weighted by atomic mass is 79.9. The Hall–Kier alpha value is -1.63. The third-order valence-electron chi connectivity index (χ3n) is 4.67. The second-order valence-electron chi connectivity index (χ2n) is 6.12. The summed E-state index contributed by atoms with van der Waals surface area (Å²) in [5.74, 6) is -0.239. The van der Waals surface area contributed by atoms with Crippen LogP contribution in [-0.2, 0) is 16.0 Å². The van der Waals surface area contributed by atoms with Gasteiger partial charge in [0.05, 0.1) is 13.2 Å². The number of methoxy groups -OCH3 is 1. The summed E-state index contributed by atoms with van der Waals surface area (Å²) in [6, 6.07) is 13.9. The molecule has 0 saturated heterocycles. The molecule has 3 aromatic rings. The molecule has 0 amide bonds. The van der Waals surface area contributed by atoms with Gasteiger partial charge in [0.15, 0.2) is 0 Å². The third kappa shape index (κ3) is 2.92. The maximum Gasteiger partial charge on any atom is 0.323 e. The van der Waals surface area contributed by atoms with Crippen LogP contribution in [0.1, 0.15) is 22.9 Å². The lowest BCUT2D eigenvalue weighted by molar-refractivity contribution is -0.143. The summed E-state index contributed by atoms with van der Waals surface area (Å²) in [5.41, 5.74) is 4.45. The van der Waals surface area contributed by atoms with Crippen LogP contribution in [0.15, 0.2) is 51.4 Å². The molecule has 0 saturated carbocycles. The lowest BCUT2D eigenvalue weighted by Gasteiger charge is -2.30. The second kappa shape index (κ2) is 6.59. The van der Waals surface area contributed by atoms with Crippen LogP contribution in [0.25, 0.3) is 10.9 Å². The Balaban J connectivity index is 1.88. The quantitative estimate of drug-likeness (QED) is 0.551. The number of para-hydroxylation sites is 1. The number of halogens is 2. The summed E-state index contributed by atoms with van der Waals surface area (Å²) in [4.78, 5) is 15.8. The Kier molecular flexibility index (Phi) is 4.43. The molecular formula is C19H16Br2N2O2. The van der Waals surface area contributed by atoms with Gasteiger partial charge in [-0.1, -0.05) is 24.3 Å². The number of H-pyrrole nitrogens is 1. The van der Waals surface area contributed by atoms with Crippen molar-refractivity contribution in [2.75, 3.05) is 7.11 Å². The molecule has 1 aliphatic heterocycles. The molecule has 1 aromatic heterocycles. The summed E-state index contributed by atoms with van der Waals surface area (Å²) < 4.78 is 6.96. The largest absolute Gasteiger partial charge is 0.468 e. The van der Waals surface area contributed by atoms with Crippen LogP contribution < -0.4 is 5.32 Å². The van der Waals surface area contributed by atoms with E-state index in [1.165, 1.54) is 12.7 Å². The number of nitrogens with one attached hydrogen (secondary N) is 2. The Morgan fingerprint density at radius 1 is 1.16 bits per heavy atom. The number of benzene rings is 2. The molecule has 2 atom stereocenters. The third-order valence-corrected chi connectivity index (χ3v) is 6.55. The van der Waals surface area contributed by atoms with Crippen LogP contribution in [0.3, 0.4) is 0 Å². The topological polar surface area (TPSA) is 54.1 Å². The normalized spacial score (nSPS) is 19.6. The van der Waals surface area contributed by atoms with Crippen LogP contribution in [0.2, 0.25) is 0 Å². The average molecular weight is 464 g/mol. The SMILES string of the molecule is COC(=O)C1Cc2c([nH]c3ccccc23)C(c2ccc(Br)c(Br)c2)N1. The van der Waals surface area contributed by atoms with E-state index in [4.69, 9.17) is 4.74 Å². The first kappa shape index (κ1) is 16.8. The van der Waals surface area contributed by atoms with Gasteiger partial charge in [-0.2, -0.15) is 0 Å². The molecule has 4 nitrogen and oxygen atoms in total. The molecule has 2 unspecified atom stereocenters. The van der Waals surface area contributed by atoms with Crippen molar-refractivity contribution >= 4 is 48.7 Å². The monoisotopic (exact) mass is 462 g/mol. The average Bonchev–Trinajstić information content (AvgIpc) is 3.01. The van der Waals surface area contributed by atoms with Gasteiger partial charge in [0, 0.05) is 32.0 Å². The minimum atomic E-state index is -0.371. The van der Waals surface area contributed by atoms with Gasteiger partial charge in [-0.3, -0.25) is 10.1 Å². The van der Waals surface area contributed by atoms with Crippen molar-refractivity contribution in [2.45, 2.75) is 18.5 Å². The van der Waals surface area contributed by atoms with E-state index >= 15 is 0 Å². The van der Waals surface area contributed by atoms with Gasteiger partial charge in [-0.05, 0) is 61.2 Å². The van der Waals surface area contributed by atoms with Gasteiger partial charge in [0.25, 0.3) is 0 Å². The van der Waals surface area contributed by atoms with Gasteiger partial charge in [0.2, 0.25) is 0 Å². The van der Waals surface area contributed by atoms with Crippen molar-refractivity contribution in [3.05, 3.63) is 68.2 Å². The fourth-order valence-corrected chi connectivity index (χ4v) is 4.13. The molecule has 25 heavy (non-hydrogen) atoms. The van der Waals surface area contributed by atoms with Gasteiger partial charge in [-0.15, -0.1) is 0 Å². The van der Waals surface area contributed by atoms with Crippen molar-refractivity contribution in [1.29, 1.82) is 0 Å². The predicted molar refractivity (Wildman–Crippen MR) is 105 cm³/mol. The second-order valence-corrected chi connectivity index (χ2v) is 7.82. The van der Waals surface area contributed by atoms with Crippen molar-refractivity contribution < 1.29 is 9.53 Å². The van der Waals surface area contributed by atoms with Crippen LogP contribution in [0.5, 0.6) is 0 Å². The number of hydrogen-bond acceptors (Lipinski definition) is 3. The van der Waals surface area contributed by atoms with Crippen molar-refractivity contribution in [3.63, 3.8) is 0 Å². The van der Waals surface area contributed by atoms with E-state index in [2.05, 4.69) is 66.4 Å². The summed E-state index contributed by atoms with van der Waals surface area (Å²) in [5, 5.41) is 4.60. The fourth-order valence-electron chi connectivity index (χ4n) is 3.48. The molecule has 0 aliphatic carbocycles. The number of aromatic nitrogens is 1. The Bertz CT molecular complexity index is 967. The van der Waals surface area contributed by atoms with E-state index < -0.39 is 0 Å². The first-order valence-corrected chi connectivity index (χ1v) is 9.55. The number of aromatic amines is 1. The number of rotatable bonds is 2. The highest BCUT2D eigenvalue weighted by Gasteiger charge is 2.34. The molecule has 0 fully saturated rings. The van der Waals surface area contributed by atoms with E-state index in [0.717, 1.165) is 31.1 Å². The standard InChI is InChI=1S/C19H16Br2N2O2/c1-25-19(24)16-9-12-11-4-2-3-5-15(11)22-18(12)17(23-16)10-6-7-13(20)14(21)8-10/h2-8,16-17,22-23H,9H2,1H3. The Morgan fingerprint density at radius 2 is 1.96 bits per heavy atom. The van der Waals surface area contributed by atoms with Gasteiger partial charge >= 0.3 is 5.97 Å². The minimum absolute atomic E-state index is 0.107. The first-order chi connectivity index (χ1) is 12.1. The fraction of sp³-hybridized carbons (Fsp3) is 0.211. The number of carbonyl (C=O) groups is 1. The van der Waals surface area contributed by atoms with Gasteiger partial charge in [0.1, 0.15) is 6.04 Å². The molecular weight excluding hydrogens is 448 g/mol. The summed E-state index contributed by atoms with van der Waals surface area (Å²) in [7, 11) is 1.43. The van der Waals surface area contributed by atoms with Crippen LogP contribution in [-0.4, -0.2) is 24.1 Å². The van der Waals surface area contributed by atoms with E-state index in [0.29, 0.717) is 6.42 Å². The number of esters is 1. The Morgan fingerprint density at radius 3 is 2.72 bits per heavy atom. The van der Waals surface area contributed by atoms with Crippen LogP contribution in [0.4, 0.5) is 0 Å². The molecule has 128 valence electrons. The van der Waals surface area contributed by atoms with E-state index in [-0.39, 0.29) is 18.1 Å². The number of ether oxygens (including phenoxy) is 1. The molecule has 2 heterocycles. The van der Waals surface area contributed by atoms with E-state index in [1.807, 2.05) is 18.2 Å². The smallest absolute Gasteiger partial charge is 0.323 e. The number of fused-ring (bicyclic) bond motifs is 3. The minimum Gasteiger partial charge on any atom is -0.468 e. The lowest BCUT2D eigenvalue weighted by atomic mass is 9.90. The van der Waals surface area contributed by atoms with Crippen LogP contribution >= 0.6 is 31.9 Å². The number of hydrogen-bond donors (Lipinski definition) is 2. The summed E-state index contributed by atoms with van der Waals surface area (Å²) in [6.07, 6.45) is 0.611. The van der Waals surface area contributed by atoms with Gasteiger partial charge < -0.3 is 9.72 Å². The first-order valence-electron chi connectivity index (χ1n) is 7.97. The molecule has 1 aliphatic rings. The molecule has 0 radical (unpaired) electrons. The Labute approximate surface area is 162 Å². The maximum absolute atomic E-state index is 12.2. The molecule has 2 N–H and O–H groups in total. The highest BCUT2D eigenvalue weighted by molar-refractivity contribution is 9.13. The lowest BCUT2D eigenvalue weighted by Crippen LogP contribution is -2.45. The van der Waals surface area contributed by atoms with Crippen molar-refractivity contribution in [3.8, 4) is 0 Å². The summed E-state index contributed by atoms with van der Waals surface area (Å²) >= 11 is 7.08. The zero-order valence-electron chi connectivity index (χ0n) is 13.5. The highest BCUT2D eigenvalue weighted by Crippen LogP contribution is 2.37. The molecule has 0 spiro atoms.